The molecule has 0 aromatic heterocycles. The van der Waals surface area contributed by atoms with Gasteiger partial charge in [0.2, 0.25) is 0 Å². The Morgan fingerprint density at radius 2 is 1.19 bits per heavy atom. The van der Waals surface area contributed by atoms with Crippen molar-refractivity contribution in [3.63, 3.8) is 0 Å². The zero-order chi connectivity index (χ0) is 26.7. The Bertz CT molecular complexity index is 1220. The first kappa shape index (κ1) is 26.8. The van der Waals surface area contributed by atoms with Crippen LogP contribution in [0, 0.1) is 11.8 Å². The average Bonchev–Trinajstić information content (AvgIpc) is 2.82. The summed E-state index contributed by atoms with van der Waals surface area (Å²) in [4.78, 5) is 39.5. The van der Waals surface area contributed by atoms with E-state index in [1.807, 2.05) is 31.2 Å². The fourth-order valence-electron chi connectivity index (χ4n) is 5.17. The largest absolute Gasteiger partial charge is 0.481 e. The number of allylic oxidation sites excluding steroid dienone is 2. The minimum absolute atomic E-state index is 0.0314. The zero-order valence-electron chi connectivity index (χ0n) is 21.9. The summed E-state index contributed by atoms with van der Waals surface area (Å²) in [5, 5.41) is 18.2. The molecule has 2 aromatic rings. The summed E-state index contributed by atoms with van der Waals surface area (Å²) >= 11 is 0. The first-order chi connectivity index (χ1) is 17.7. The minimum atomic E-state index is -0.735. The van der Waals surface area contributed by atoms with Crippen LogP contribution in [0.2, 0.25) is 0 Å². The minimum Gasteiger partial charge on any atom is -0.481 e. The Morgan fingerprint density at radius 1 is 0.757 bits per heavy atom. The molecule has 0 radical (unpaired) electrons. The molecule has 7 heteroatoms. The summed E-state index contributed by atoms with van der Waals surface area (Å²) in [5.41, 5.74) is 7.25. The molecular weight excluding hydrogens is 468 g/mol. The van der Waals surface area contributed by atoms with Gasteiger partial charge >= 0.3 is 11.9 Å². The lowest BCUT2D eigenvalue weighted by Gasteiger charge is -2.37. The lowest BCUT2D eigenvalue weighted by atomic mass is 9.93. The lowest BCUT2D eigenvalue weighted by molar-refractivity contribution is -0.148. The van der Waals surface area contributed by atoms with E-state index >= 15 is 0 Å². The maximum Gasteiger partial charge on any atom is 0.309 e. The van der Waals surface area contributed by atoms with Gasteiger partial charge in [-0.3, -0.25) is 24.2 Å². The third kappa shape index (κ3) is 6.17. The normalized spacial score (nSPS) is 17.3. The Balaban J connectivity index is 1.42. The van der Waals surface area contributed by atoms with Crippen LogP contribution in [0.5, 0.6) is 0 Å². The number of carboxylic acid groups (broad SMARTS) is 2. The van der Waals surface area contributed by atoms with E-state index in [1.165, 1.54) is 11.1 Å². The molecule has 0 saturated carbocycles. The van der Waals surface area contributed by atoms with Crippen LogP contribution in [0.1, 0.15) is 58.9 Å². The number of rotatable bonds is 11. The number of carbonyl (C=O) groups excluding carboxylic acids is 1. The van der Waals surface area contributed by atoms with Crippen molar-refractivity contribution in [1.82, 2.24) is 9.80 Å². The second kappa shape index (κ2) is 11.4. The van der Waals surface area contributed by atoms with Crippen molar-refractivity contribution < 1.29 is 24.6 Å². The molecule has 196 valence electrons. The van der Waals surface area contributed by atoms with Crippen LogP contribution >= 0.6 is 0 Å². The molecule has 2 saturated heterocycles. The van der Waals surface area contributed by atoms with Crippen LogP contribution < -0.4 is 0 Å². The topological polar surface area (TPSA) is 98.2 Å². The van der Waals surface area contributed by atoms with Crippen molar-refractivity contribution in [3.05, 3.63) is 75.9 Å². The van der Waals surface area contributed by atoms with Gasteiger partial charge < -0.3 is 10.2 Å². The molecule has 2 aromatic carbocycles. The molecule has 2 N–H and O–H groups in total. The van der Waals surface area contributed by atoms with Gasteiger partial charge in [0.1, 0.15) is 0 Å². The van der Waals surface area contributed by atoms with E-state index in [1.54, 1.807) is 6.08 Å². The van der Waals surface area contributed by atoms with Gasteiger partial charge in [0.05, 0.1) is 11.8 Å². The molecule has 4 rings (SSSR count). The molecule has 0 amide bonds. The number of benzene rings is 2. The first-order valence-corrected chi connectivity index (χ1v) is 13.0. The molecule has 2 aliphatic heterocycles. The van der Waals surface area contributed by atoms with E-state index in [9.17, 15) is 14.4 Å². The van der Waals surface area contributed by atoms with Crippen LogP contribution in [-0.2, 0) is 35.5 Å². The second-order valence-electron chi connectivity index (χ2n) is 10.3. The highest BCUT2D eigenvalue weighted by Gasteiger charge is 2.33. The van der Waals surface area contributed by atoms with Gasteiger partial charge in [-0.25, -0.2) is 0 Å². The van der Waals surface area contributed by atoms with E-state index in [0.29, 0.717) is 38.3 Å². The highest BCUT2D eigenvalue weighted by molar-refractivity contribution is 6.08. The third-order valence-electron chi connectivity index (χ3n) is 7.66. The lowest BCUT2D eigenvalue weighted by Crippen LogP contribution is -2.49. The van der Waals surface area contributed by atoms with Crippen molar-refractivity contribution in [2.45, 2.75) is 46.7 Å². The highest BCUT2D eigenvalue weighted by Crippen LogP contribution is 2.26. The molecule has 0 spiro atoms. The van der Waals surface area contributed by atoms with Crippen LogP contribution in [0.3, 0.4) is 0 Å². The van der Waals surface area contributed by atoms with Crippen molar-refractivity contribution >= 4 is 23.3 Å². The fraction of sp³-hybridized carbons (Fsp3) is 0.433. The molecule has 37 heavy (non-hydrogen) atoms. The van der Waals surface area contributed by atoms with E-state index in [4.69, 9.17) is 10.2 Å². The Hall–Kier alpha value is -3.29. The number of aryl methyl sites for hydroxylation is 2. The summed E-state index contributed by atoms with van der Waals surface area (Å²) in [6.07, 6.45) is 3.37. The number of aliphatic carboxylic acids is 2. The van der Waals surface area contributed by atoms with Crippen LogP contribution in [0.4, 0.5) is 0 Å². The number of hydrogen-bond donors (Lipinski definition) is 2. The molecule has 2 aliphatic rings. The molecule has 0 unspecified atom stereocenters. The Morgan fingerprint density at radius 3 is 1.62 bits per heavy atom. The number of likely N-dealkylation sites (tertiary alicyclic amines) is 2. The molecule has 0 bridgehead atoms. The predicted molar refractivity (Wildman–Crippen MR) is 142 cm³/mol. The van der Waals surface area contributed by atoms with E-state index in [2.05, 4.69) is 35.8 Å². The molecule has 0 atom stereocenters. The number of nitrogens with zero attached hydrogens (tertiary/aromatic N) is 2. The summed E-state index contributed by atoms with van der Waals surface area (Å²) in [7, 11) is 0. The van der Waals surface area contributed by atoms with Gasteiger partial charge in [0, 0.05) is 44.8 Å². The van der Waals surface area contributed by atoms with Gasteiger partial charge in [-0.1, -0.05) is 44.2 Å². The number of ketones is 1. The maximum absolute atomic E-state index is 13.1. The summed E-state index contributed by atoms with van der Waals surface area (Å²) < 4.78 is 0. The standard InChI is InChI=1S/C30H36N2O5/c1-4-20-11-22(6-8-24(20)13-31-15-26(16-31)29(34)35)19(3)10-28(33)23-7-9-25(21(5-2)12-23)14-32-17-27(18-32)30(36)37/h6-12,26-27H,4-5,13-18H2,1-3H3,(H,34,35)(H,36,37)/b19-10+. The Labute approximate surface area is 218 Å². The second-order valence-corrected chi connectivity index (χ2v) is 10.3. The van der Waals surface area contributed by atoms with Crippen molar-refractivity contribution in [2.75, 3.05) is 26.2 Å². The van der Waals surface area contributed by atoms with Gasteiger partial charge in [-0.2, -0.15) is 0 Å². The van der Waals surface area contributed by atoms with E-state index in [-0.39, 0.29) is 17.6 Å². The molecule has 0 aliphatic carbocycles. The SMILES string of the molecule is CCc1cc(C(=O)/C=C(\C)c2ccc(CN3CC(C(=O)O)C3)c(CC)c2)ccc1CN1CC(C(=O)O)C1. The predicted octanol–water partition coefficient (Wildman–Crippen LogP) is 4.13. The number of carbonyl (C=O) groups is 3. The Kier molecular flexibility index (Phi) is 8.25. The zero-order valence-corrected chi connectivity index (χ0v) is 21.9. The van der Waals surface area contributed by atoms with Crippen molar-refractivity contribution in [1.29, 1.82) is 0 Å². The van der Waals surface area contributed by atoms with Gasteiger partial charge in [0.15, 0.2) is 5.78 Å². The van der Waals surface area contributed by atoms with Crippen LogP contribution in [0.15, 0.2) is 42.5 Å². The summed E-state index contributed by atoms with van der Waals surface area (Å²) in [6, 6.07) is 12.1. The smallest absolute Gasteiger partial charge is 0.309 e. The quantitative estimate of drug-likeness (QED) is 0.351. The third-order valence-corrected chi connectivity index (χ3v) is 7.66. The van der Waals surface area contributed by atoms with Crippen molar-refractivity contribution in [3.8, 4) is 0 Å². The fourth-order valence-corrected chi connectivity index (χ4v) is 5.17. The van der Waals surface area contributed by atoms with Crippen LogP contribution in [0.25, 0.3) is 5.57 Å². The van der Waals surface area contributed by atoms with Gasteiger partial charge in [-0.15, -0.1) is 0 Å². The summed E-state index contributed by atoms with van der Waals surface area (Å²) in [5.74, 6) is -2.03. The molecule has 7 nitrogen and oxygen atoms in total. The maximum atomic E-state index is 13.1. The van der Waals surface area contributed by atoms with E-state index in [0.717, 1.165) is 41.6 Å². The average molecular weight is 505 g/mol. The van der Waals surface area contributed by atoms with Gasteiger partial charge in [-0.05, 0) is 65.3 Å². The monoisotopic (exact) mass is 504 g/mol. The molecular formula is C30H36N2O5. The van der Waals surface area contributed by atoms with E-state index < -0.39 is 11.9 Å². The van der Waals surface area contributed by atoms with Crippen LogP contribution in [-0.4, -0.2) is 63.9 Å². The highest BCUT2D eigenvalue weighted by atomic mass is 16.4. The van der Waals surface area contributed by atoms with Gasteiger partial charge in [0.25, 0.3) is 0 Å². The van der Waals surface area contributed by atoms with Crippen molar-refractivity contribution in [2.24, 2.45) is 11.8 Å². The number of carboxylic acids is 2. The molecule has 2 heterocycles. The molecule has 2 fully saturated rings. The number of hydrogen-bond acceptors (Lipinski definition) is 5. The summed E-state index contributed by atoms with van der Waals surface area (Å²) in [6.45, 7) is 9.91. The first-order valence-electron chi connectivity index (χ1n) is 13.0.